The molecule has 28 heavy (non-hydrogen) atoms. The Bertz CT molecular complexity index is 655. The van der Waals surface area contributed by atoms with Crippen LogP contribution in [0.25, 0.3) is 0 Å². The molecular formula is C21H34N3O4+. The number of morpholine rings is 1. The van der Waals surface area contributed by atoms with E-state index in [1.54, 1.807) is 0 Å². The molecule has 2 aliphatic rings. The number of benzene rings is 1. The number of nitrogens with one attached hydrogen (secondary N) is 2. The maximum absolute atomic E-state index is 12.9. The van der Waals surface area contributed by atoms with Gasteiger partial charge in [0.05, 0.1) is 50.9 Å². The van der Waals surface area contributed by atoms with Crippen molar-refractivity contribution in [3.05, 3.63) is 12.1 Å². The topological polar surface area (TPSA) is 64.5 Å². The minimum atomic E-state index is -0.0774. The first kappa shape index (κ1) is 20.7. The molecule has 3 rings (SSSR count). The highest BCUT2D eigenvalue weighted by Gasteiger charge is 2.29. The molecule has 0 aliphatic carbocycles. The molecule has 7 heteroatoms. The van der Waals surface area contributed by atoms with E-state index in [9.17, 15) is 4.79 Å². The molecular weight excluding hydrogens is 358 g/mol. The van der Waals surface area contributed by atoms with Crippen molar-refractivity contribution in [1.29, 1.82) is 0 Å². The lowest BCUT2D eigenvalue weighted by Gasteiger charge is -2.31. The third-order valence-corrected chi connectivity index (χ3v) is 5.52. The van der Waals surface area contributed by atoms with Crippen molar-refractivity contribution in [3.63, 3.8) is 0 Å². The zero-order chi connectivity index (χ0) is 19.9. The molecule has 0 saturated carbocycles. The first-order valence-corrected chi connectivity index (χ1v) is 10.6. The number of ether oxygens (including phenoxy) is 3. The lowest BCUT2D eigenvalue weighted by molar-refractivity contribution is -0.901. The van der Waals surface area contributed by atoms with E-state index in [1.165, 1.54) is 17.7 Å². The fraction of sp³-hybridized carbons (Fsp3) is 0.667. The number of amides is 1. The molecule has 0 spiro atoms. The fourth-order valence-electron chi connectivity index (χ4n) is 3.93. The van der Waals surface area contributed by atoms with E-state index >= 15 is 0 Å². The molecule has 0 radical (unpaired) electrons. The van der Waals surface area contributed by atoms with Gasteiger partial charge in [-0.05, 0) is 20.8 Å². The van der Waals surface area contributed by atoms with E-state index in [4.69, 9.17) is 14.2 Å². The number of quaternary nitrogens is 1. The summed E-state index contributed by atoms with van der Waals surface area (Å²) in [5.41, 5.74) is 1.67. The summed E-state index contributed by atoms with van der Waals surface area (Å²) in [6, 6.07) is 3.82. The van der Waals surface area contributed by atoms with Crippen LogP contribution in [0.5, 0.6) is 11.5 Å². The second kappa shape index (κ2) is 9.98. The summed E-state index contributed by atoms with van der Waals surface area (Å²) in [4.78, 5) is 16.5. The SMILES string of the molecule is CCOc1cc(N2CCOCC2)c(OCC)cc1NC(=O)[C@@H](C)[NH+]1CCCC1. The number of hydrogen-bond donors (Lipinski definition) is 2. The van der Waals surface area contributed by atoms with Gasteiger partial charge in [0.15, 0.2) is 6.04 Å². The van der Waals surface area contributed by atoms with Crippen molar-refractivity contribution in [2.75, 3.05) is 62.8 Å². The number of carbonyl (C=O) groups excluding carboxylic acids is 1. The summed E-state index contributed by atoms with van der Waals surface area (Å²) in [5, 5.41) is 3.09. The first-order chi connectivity index (χ1) is 13.6. The highest BCUT2D eigenvalue weighted by Crippen LogP contribution is 2.39. The van der Waals surface area contributed by atoms with Gasteiger partial charge in [0.2, 0.25) is 0 Å². The molecule has 0 bridgehead atoms. The van der Waals surface area contributed by atoms with Gasteiger partial charge in [0.1, 0.15) is 11.5 Å². The molecule has 0 unspecified atom stereocenters. The summed E-state index contributed by atoms with van der Waals surface area (Å²) < 4.78 is 17.3. The maximum atomic E-state index is 12.9. The highest BCUT2D eigenvalue weighted by molar-refractivity contribution is 5.96. The maximum Gasteiger partial charge on any atom is 0.282 e. The van der Waals surface area contributed by atoms with Crippen LogP contribution in [0, 0.1) is 0 Å². The fourth-order valence-corrected chi connectivity index (χ4v) is 3.93. The third-order valence-electron chi connectivity index (χ3n) is 5.52. The Morgan fingerprint density at radius 2 is 1.79 bits per heavy atom. The van der Waals surface area contributed by atoms with Crippen LogP contribution >= 0.6 is 0 Å². The van der Waals surface area contributed by atoms with E-state index in [1.807, 2.05) is 32.9 Å². The number of carbonyl (C=O) groups is 1. The van der Waals surface area contributed by atoms with Crippen molar-refractivity contribution in [2.45, 2.75) is 39.7 Å². The smallest absolute Gasteiger partial charge is 0.282 e. The molecule has 7 nitrogen and oxygen atoms in total. The Kier molecular flexibility index (Phi) is 7.39. The number of hydrogen-bond acceptors (Lipinski definition) is 5. The van der Waals surface area contributed by atoms with E-state index in [0.29, 0.717) is 37.9 Å². The largest absolute Gasteiger partial charge is 0.492 e. The molecule has 2 fully saturated rings. The number of anilines is 2. The average molecular weight is 393 g/mol. The van der Waals surface area contributed by atoms with E-state index in [0.717, 1.165) is 37.6 Å². The van der Waals surface area contributed by atoms with Crippen molar-refractivity contribution in [2.24, 2.45) is 0 Å². The van der Waals surface area contributed by atoms with Gasteiger partial charge in [0.25, 0.3) is 5.91 Å². The van der Waals surface area contributed by atoms with Gasteiger partial charge in [-0.2, -0.15) is 0 Å². The van der Waals surface area contributed by atoms with Crippen molar-refractivity contribution >= 4 is 17.3 Å². The minimum Gasteiger partial charge on any atom is -0.492 e. The third kappa shape index (κ3) is 4.89. The van der Waals surface area contributed by atoms with E-state index in [2.05, 4.69) is 10.2 Å². The lowest BCUT2D eigenvalue weighted by atomic mass is 10.2. The van der Waals surface area contributed by atoms with Crippen molar-refractivity contribution in [3.8, 4) is 11.5 Å². The van der Waals surface area contributed by atoms with Crippen LogP contribution in [-0.2, 0) is 9.53 Å². The van der Waals surface area contributed by atoms with Crippen LogP contribution in [0.15, 0.2) is 12.1 Å². The number of likely N-dealkylation sites (tertiary alicyclic amines) is 1. The van der Waals surface area contributed by atoms with Crippen LogP contribution in [-0.4, -0.2) is 64.6 Å². The number of rotatable bonds is 8. The van der Waals surface area contributed by atoms with Gasteiger partial charge >= 0.3 is 0 Å². The molecule has 2 N–H and O–H groups in total. The van der Waals surface area contributed by atoms with Gasteiger partial charge in [0, 0.05) is 38.1 Å². The van der Waals surface area contributed by atoms with Gasteiger partial charge in [-0.1, -0.05) is 0 Å². The standard InChI is InChI=1S/C21H33N3O4/c1-4-27-19-15-18(24-10-12-26-13-11-24)20(28-5-2)14-17(19)22-21(25)16(3)23-8-6-7-9-23/h14-16H,4-13H2,1-3H3,(H,22,25)/p+1/t16-/m1/s1. The zero-order valence-corrected chi connectivity index (χ0v) is 17.4. The quantitative estimate of drug-likeness (QED) is 0.699. The van der Waals surface area contributed by atoms with Crippen LogP contribution in [0.3, 0.4) is 0 Å². The Morgan fingerprint density at radius 3 is 2.43 bits per heavy atom. The van der Waals surface area contributed by atoms with Gasteiger partial charge < -0.3 is 29.3 Å². The van der Waals surface area contributed by atoms with Crippen molar-refractivity contribution < 1.29 is 23.9 Å². The molecule has 2 saturated heterocycles. The molecule has 1 atom stereocenters. The Morgan fingerprint density at radius 1 is 1.14 bits per heavy atom. The van der Waals surface area contributed by atoms with Gasteiger partial charge in [-0.3, -0.25) is 4.79 Å². The Balaban J connectivity index is 1.85. The molecule has 1 aromatic carbocycles. The average Bonchev–Trinajstić information content (AvgIpc) is 3.25. The summed E-state index contributed by atoms with van der Waals surface area (Å²) in [7, 11) is 0. The summed E-state index contributed by atoms with van der Waals surface area (Å²) in [5.74, 6) is 1.48. The zero-order valence-electron chi connectivity index (χ0n) is 17.4. The van der Waals surface area contributed by atoms with Crippen LogP contribution < -0.4 is 24.6 Å². The predicted octanol–water partition coefficient (Wildman–Crippen LogP) is 1.33. The second-order valence-corrected chi connectivity index (χ2v) is 7.36. The van der Waals surface area contributed by atoms with Crippen molar-refractivity contribution in [1.82, 2.24) is 0 Å². The predicted molar refractivity (Wildman–Crippen MR) is 110 cm³/mol. The normalized spacial score (nSPS) is 18.8. The molecule has 2 heterocycles. The van der Waals surface area contributed by atoms with E-state index < -0.39 is 0 Å². The minimum absolute atomic E-state index is 0.0272. The molecule has 156 valence electrons. The monoisotopic (exact) mass is 392 g/mol. The summed E-state index contributed by atoms with van der Waals surface area (Å²) in [6.45, 7) is 12.2. The second-order valence-electron chi connectivity index (χ2n) is 7.36. The lowest BCUT2D eigenvalue weighted by Crippen LogP contribution is -3.14. The first-order valence-electron chi connectivity index (χ1n) is 10.6. The van der Waals surface area contributed by atoms with Crippen LogP contribution in [0.4, 0.5) is 11.4 Å². The van der Waals surface area contributed by atoms with Crippen LogP contribution in [0.1, 0.15) is 33.6 Å². The molecule has 1 aromatic rings. The Hall–Kier alpha value is -1.99. The van der Waals surface area contributed by atoms with Gasteiger partial charge in [-0.15, -0.1) is 0 Å². The number of nitrogens with zero attached hydrogens (tertiary/aromatic N) is 1. The van der Waals surface area contributed by atoms with Crippen LogP contribution in [0.2, 0.25) is 0 Å². The molecule has 1 amide bonds. The van der Waals surface area contributed by atoms with Gasteiger partial charge in [-0.25, -0.2) is 0 Å². The summed E-state index contributed by atoms with van der Waals surface area (Å²) in [6.07, 6.45) is 2.39. The Labute approximate surface area is 167 Å². The van der Waals surface area contributed by atoms with E-state index in [-0.39, 0.29) is 11.9 Å². The molecule has 2 aliphatic heterocycles. The highest BCUT2D eigenvalue weighted by atomic mass is 16.5. The summed E-state index contributed by atoms with van der Waals surface area (Å²) >= 11 is 0. The molecule has 0 aromatic heterocycles.